The molecule has 4 aromatic rings. The lowest BCUT2D eigenvalue weighted by Crippen LogP contribution is -2.20. The number of amides is 1. The van der Waals surface area contributed by atoms with E-state index in [9.17, 15) is 4.79 Å². The van der Waals surface area contributed by atoms with E-state index in [1.54, 1.807) is 13.3 Å². The molecule has 0 aliphatic carbocycles. The number of hydrazone groups is 1. The van der Waals surface area contributed by atoms with Gasteiger partial charge in [-0.3, -0.25) is 9.36 Å². The maximum atomic E-state index is 12.4. The predicted octanol–water partition coefficient (Wildman–Crippen LogP) is 4.58. The summed E-state index contributed by atoms with van der Waals surface area (Å²) in [5, 5.41) is 13.4. The van der Waals surface area contributed by atoms with E-state index in [1.807, 2.05) is 90.4 Å². The van der Waals surface area contributed by atoms with Crippen molar-refractivity contribution >= 4 is 23.9 Å². The Labute approximate surface area is 208 Å². The molecule has 0 bridgehead atoms. The Morgan fingerprint density at radius 2 is 1.71 bits per heavy atom. The predicted molar refractivity (Wildman–Crippen MR) is 137 cm³/mol. The van der Waals surface area contributed by atoms with Crippen molar-refractivity contribution in [2.24, 2.45) is 5.10 Å². The standard InChI is InChI=1S/C26H25N5O3S/c1-3-34-23-13-9-19(10-14-23)17-27-28-24(32)18-35-26-30-29-25(20-11-15-22(33-2)16-12-20)31(26)21-7-5-4-6-8-21/h4-17H,3,18H2,1-2H3,(H,28,32)/b27-17+. The summed E-state index contributed by atoms with van der Waals surface area (Å²) in [4.78, 5) is 12.4. The molecular weight excluding hydrogens is 462 g/mol. The van der Waals surface area contributed by atoms with E-state index in [2.05, 4.69) is 20.7 Å². The Kier molecular flexibility index (Phi) is 8.13. The van der Waals surface area contributed by atoms with Gasteiger partial charge in [0.1, 0.15) is 11.5 Å². The summed E-state index contributed by atoms with van der Waals surface area (Å²) in [6.45, 7) is 2.55. The minimum Gasteiger partial charge on any atom is -0.497 e. The molecule has 8 nitrogen and oxygen atoms in total. The number of carbonyl (C=O) groups excluding carboxylic acids is 1. The van der Waals surface area contributed by atoms with Crippen molar-refractivity contribution in [3.8, 4) is 28.6 Å². The van der Waals surface area contributed by atoms with Gasteiger partial charge in [0.15, 0.2) is 11.0 Å². The number of carbonyl (C=O) groups is 1. The molecular formula is C26H25N5O3S. The minimum absolute atomic E-state index is 0.133. The number of aromatic nitrogens is 3. The number of nitrogens with one attached hydrogen (secondary N) is 1. The van der Waals surface area contributed by atoms with Gasteiger partial charge in [-0.15, -0.1) is 10.2 Å². The number of rotatable bonds is 10. The third kappa shape index (κ3) is 6.27. The lowest BCUT2D eigenvalue weighted by Gasteiger charge is -2.10. The normalized spacial score (nSPS) is 10.9. The molecule has 0 saturated heterocycles. The molecule has 1 heterocycles. The van der Waals surface area contributed by atoms with E-state index in [0.29, 0.717) is 17.6 Å². The minimum atomic E-state index is -0.245. The van der Waals surface area contributed by atoms with Gasteiger partial charge < -0.3 is 9.47 Å². The molecule has 1 aromatic heterocycles. The molecule has 4 rings (SSSR count). The van der Waals surface area contributed by atoms with E-state index in [0.717, 1.165) is 28.3 Å². The van der Waals surface area contributed by atoms with E-state index in [4.69, 9.17) is 9.47 Å². The van der Waals surface area contributed by atoms with Crippen LogP contribution < -0.4 is 14.9 Å². The first kappa shape index (κ1) is 24.0. The van der Waals surface area contributed by atoms with Crippen LogP contribution in [0.2, 0.25) is 0 Å². The summed E-state index contributed by atoms with van der Waals surface area (Å²) < 4.78 is 12.6. The zero-order valence-electron chi connectivity index (χ0n) is 19.4. The molecule has 0 saturated carbocycles. The third-order valence-electron chi connectivity index (χ3n) is 4.92. The first-order valence-electron chi connectivity index (χ1n) is 11.0. The van der Waals surface area contributed by atoms with Crippen molar-refractivity contribution in [1.29, 1.82) is 0 Å². The van der Waals surface area contributed by atoms with Gasteiger partial charge in [-0.25, -0.2) is 5.43 Å². The van der Waals surface area contributed by atoms with Crippen LogP contribution >= 0.6 is 11.8 Å². The average Bonchev–Trinajstić information content (AvgIpc) is 3.33. The van der Waals surface area contributed by atoms with Crippen LogP contribution in [-0.2, 0) is 4.79 Å². The molecule has 178 valence electrons. The second kappa shape index (κ2) is 11.8. The monoisotopic (exact) mass is 487 g/mol. The van der Waals surface area contributed by atoms with Gasteiger partial charge in [-0.2, -0.15) is 5.10 Å². The molecule has 0 aliphatic heterocycles. The van der Waals surface area contributed by atoms with Gasteiger partial charge >= 0.3 is 0 Å². The van der Waals surface area contributed by atoms with Crippen molar-refractivity contribution in [2.45, 2.75) is 12.1 Å². The summed E-state index contributed by atoms with van der Waals surface area (Å²) in [5.41, 5.74) is 5.20. The Morgan fingerprint density at radius 3 is 2.40 bits per heavy atom. The summed E-state index contributed by atoms with van der Waals surface area (Å²) in [6.07, 6.45) is 1.59. The highest BCUT2D eigenvalue weighted by Crippen LogP contribution is 2.28. The Bertz CT molecular complexity index is 1270. The van der Waals surface area contributed by atoms with Crippen LogP contribution in [0.25, 0.3) is 17.1 Å². The van der Waals surface area contributed by atoms with Crippen LogP contribution in [-0.4, -0.2) is 46.4 Å². The Hall–Kier alpha value is -4.11. The van der Waals surface area contributed by atoms with E-state index < -0.39 is 0 Å². The zero-order chi connectivity index (χ0) is 24.5. The number of hydrogen-bond donors (Lipinski definition) is 1. The van der Waals surface area contributed by atoms with Crippen molar-refractivity contribution in [3.63, 3.8) is 0 Å². The largest absolute Gasteiger partial charge is 0.497 e. The van der Waals surface area contributed by atoms with E-state index in [-0.39, 0.29) is 11.7 Å². The second-order valence-electron chi connectivity index (χ2n) is 7.29. The van der Waals surface area contributed by atoms with Crippen molar-refractivity contribution < 1.29 is 14.3 Å². The molecule has 0 radical (unpaired) electrons. The van der Waals surface area contributed by atoms with Gasteiger partial charge in [0.25, 0.3) is 5.91 Å². The van der Waals surface area contributed by atoms with Gasteiger partial charge in [0, 0.05) is 11.3 Å². The number of ether oxygens (including phenoxy) is 2. The molecule has 0 aliphatic rings. The number of nitrogens with zero attached hydrogens (tertiary/aromatic N) is 4. The maximum Gasteiger partial charge on any atom is 0.250 e. The summed E-state index contributed by atoms with van der Waals surface area (Å²) >= 11 is 1.29. The van der Waals surface area contributed by atoms with Crippen LogP contribution in [0, 0.1) is 0 Å². The molecule has 0 fully saturated rings. The molecule has 1 N–H and O–H groups in total. The highest BCUT2D eigenvalue weighted by molar-refractivity contribution is 7.99. The first-order valence-corrected chi connectivity index (χ1v) is 12.0. The van der Waals surface area contributed by atoms with Crippen LogP contribution in [0.15, 0.2) is 89.1 Å². The molecule has 1 amide bonds. The van der Waals surface area contributed by atoms with Gasteiger partial charge in [-0.05, 0) is 73.2 Å². The summed E-state index contributed by atoms with van der Waals surface area (Å²) in [5.74, 6) is 2.12. The SMILES string of the molecule is CCOc1ccc(/C=N/NC(=O)CSc2nnc(-c3ccc(OC)cc3)n2-c2ccccc2)cc1. The molecule has 0 spiro atoms. The van der Waals surface area contributed by atoms with Gasteiger partial charge in [-0.1, -0.05) is 30.0 Å². The van der Waals surface area contributed by atoms with Crippen LogP contribution in [0.3, 0.4) is 0 Å². The fourth-order valence-corrected chi connectivity index (χ4v) is 4.00. The fourth-order valence-electron chi connectivity index (χ4n) is 3.26. The zero-order valence-corrected chi connectivity index (χ0v) is 20.2. The number of para-hydroxylation sites is 1. The number of methoxy groups -OCH3 is 1. The smallest absolute Gasteiger partial charge is 0.250 e. The quantitative estimate of drug-likeness (QED) is 0.200. The van der Waals surface area contributed by atoms with E-state index >= 15 is 0 Å². The lowest BCUT2D eigenvalue weighted by atomic mass is 10.2. The number of benzene rings is 3. The highest BCUT2D eigenvalue weighted by Gasteiger charge is 2.17. The van der Waals surface area contributed by atoms with E-state index in [1.165, 1.54) is 11.8 Å². The van der Waals surface area contributed by atoms with Crippen LogP contribution in [0.4, 0.5) is 0 Å². The van der Waals surface area contributed by atoms with Crippen molar-refractivity contribution in [1.82, 2.24) is 20.2 Å². The highest BCUT2D eigenvalue weighted by atomic mass is 32.2. The lowest BCUT2D eigenvalue weighted by molar-refractivity contribution is -0.118. The van der Waals surface area contributed by atoms with Crippen molar-refractivity contribution in [2.75, 3.05) is 19.5 Å². The third-order valence-corrected chi connectivity index (χ3v) is 5.85. The summed E-state index contributed by atoms with van der Waals surface area (Å²) in [6, 6.07) is 24.9. The molecule has 0 atom stereocenters. The number of thioether (sulfide) groups is 1. The Morgan fingerprint density at radius 1 is 1.00 bits per heavy atom. The first-order chi connectivity index (χ1) is 17.2. The van der Waals surface area contributed by atoms with Gasteiger partial charge in [0.2, 0.25) is 0 Å². The second-order valence-corrected chi connectivity index (χ2v) is 8.23. The van der Waals surface area contributed by atoms with Crippen molar-refractivity contribution in [3.05, 3.63) is 84.4 Å². The van der Waals surface area contributed by atoms with Crippen LogP contribution in [0.1, 0.15) is 12.5 Å². The fraction of sp³-hybridized carbons (Fsp3) is 0.154. The van der Waals surface area contributed by atoms with Gasteiger partial charge in [0.05, 0.1) is 25.7 Å². The maximum absolute atomic E-state index is 12.4. The molecule has 0 unspecified atom stereocenters. The number of hydrogen-bond acceptors (Lipinski definition) is 7. The molecule has 3 aromatic carbocycles. The average molecular weight is 488 g/mol. The molecule has 9 heteroatoms. The summed E-state index contributed by atoms with van der Waals surface area (Å²) in [7, 11) is 1.63. The molecule has 35 heavy (non-hydrogen) atoms. The topological polar surface area (TPSA) is 90.6 Å². The van der Waals surface area contributed by atoms with Crippen LogP contribution in [0.5, 0.6) is 11.5 Å². The Balaban J connectivity index is 1.44.